The molecule has 1 saturated carbocycles. The third-order valence-corrected chi connectivity index (χ3v) is 2.95. The second kappa shape index (κ2) is 3.81. The fraction of sp³-hybridized carbons (Fsp3) is 0.889. The van der Waals surface area contributed by atoms with Crippen molar-refractivity contribution in [1.29, 1.82) is 0 Å². The lowest BCUT2D eigenvalue weighted by atomic mass is 10.1. The lowest BCUT2D eigenvalue weighted by Gasteiger charge is -2.37. The second-order valence-electron chi connectivity index (χ2n) is 3.74. The van der Waals surface area contributed by atoms with E-state index in [1.807, 2.05) is 0 Å². The molecule has 0 aromatic rings. The summed E-state index contributed by atoms with van der Waals surface area (Å²) in [5, 5.41) is 0. The first kappa shape index (κ1) is 9.83. The Hall–Kier alpha value is -0.710. The summed E-state index contributed by atoms with van der Waals surface area (Å²) in [4.78, 5) is 12.5. The van der Waals surface area contributed by atoms with Gasteiger partial charge in [-0.05, 0) is 19.3 Å². The van der Waals surface area contributed by atoms with Gasteiger partial charge >= 0.3 is 6.43 Å². The fourth-order valence-electron chi connectivity index (χ4n) is 2.32. The van der Waals surface area contributed by atoms with Crippen molar-refractivity contribution >= 4 is 5.91 Å². The molecule has 3 nitrogen and oxygen atoms in total. The first-order valence-corrected chi connectivity index (χ1v) is 4.90. The highest BCUT2D eigenvalue weighted by Gasteiger charge is 2.40. The summed E-state index contributed by atoms with van der Waals surface area (Å²) in [6.45, 7) is 0.698. The summed E-state index contributed by atoms with van der Waals surface area (Å²) in [6.07, 6.45) is -0.246. The Morgan fingerprint density at radius 1 is 1.43 bits per heavy atom. The molecule has 2 aliphatic rings. The van der Waals surface area contributed by atoms with E-state index in [1.54, 1.807) is 0 Å². The number of alkyl halides is 2. The van der Waals surface area contributed by atoms with Crippen molar-refractivity contribution in [3.63, 3.8) is 0 Å². The molecule has 2 fully saturated rings. The number of amides is 1. The normalized spacial score (nSPS) is 32.1. The molecule has 0 aromatic heterocycles. The van der Waals surface area contributed by atoms with Crippen LogP contribution >= 0.6 is 0 Å². The van der Waals surface area contributed by atoms with Crippen LogP contribution in [-0.2, 0) is 9.53 Å². The van der Waals surface area contributed by atoms with Crippen LogP contribution in [-0.4, -0.2) is 42.5 Å². The minimum absolute atomic E-state index is 0.00792. The number of rotatable bonds is 1. The van der Waals surface area contributed by atoms with Gasteiger partial charge in [0.2, 0.25) is 0 Å². The Morgan fingerprint density at radius 3 is 2.93 bits per heavy atom. The van der Waals surface area contributed by atoms with Crippen molar-refractivity contribution in [2.24, 2.45) is 0 Å². The fourth-order valence-corrected chi connectivity index (χ4v) is 2.32. The summed E-state index contributed by atoms with van der Waals surface area (Å²) >= 11 is 0. The monoisotopic (exact) mass is 205 g/mol. The van der Waals surface area contributed by atoms with E-state index in [0.717, 1.165) is 19.3 Å². The maximum absolute atomic E-state index is 12.2. The molecule has 1 amide bonds. The molecule has 14 heavy (non-hydrogen) atoms. The molecular weight excluding hydrogens is 192 g/mol. The molecule has 0 radical (unpaired) electrons. The zero-order chi connectivity index (χ0) is 10.1. The van der Waals surface area contributed by atoms with E-state index in [1.165, 1.54) is 4.90 Å². The molecule has 80 valence electrons. The van der Waals surface area contributed by atoms with E-state index in [-0.39, 0.29) is 12.1 Å². The molecule has 0 aromatic carbocycles. The summed E-state index contributed by atoms with van der Waals surface area (Å²) in [5.74, 6) is -1.04. The van der Waals surface area contributed by atoms with Crippen LogP contribution in [0, 0.1) is 0 Å². The van der Waals surface area contributed by atoms with Crippen LogP contribution in [0.1, 0.15) is 19.3 Å². The molecule has 1 aliphatic carbocycles. The van der Waals surface area contributed by atoms with Crippen molar-refractivity contribution in [1.82, 2.24) is 4.90 Å². The molecule has 5 heteroatoms. The molecule has 0 bridgehead atoms. The largest absolute Gasteiger partial charge is 0.374 e. The summed E-state index contributed by atoms with van der Waals surface area (Å²) in [5.41, 5.74) is 0. The van der Waals surface area contributed by atoms with Gasteiger partial charge < -0.3 is 9.64 Å². The number of nitrogens with zero attached hydrogens (tertiary/aromatic N) is 1. The van der Waals surface area contributed by atoms with Crippen LogP contribution in [0.4, 0.5) is 8.78 Å². The topological polar surface area (TPSA) is 29.5 Å². The molecule has 2 unspecified atom stereocenters. The quantitative estimate of drug-likeness (QED) is 0.640. The van der Waals surface area contributed by atoms with Crippen LogP contribution in [0.3, 0.4) is 0 Å². The van der Waals surface area contributed by atoms with Gasteiger partial charge in [-0.2, -0.15) is 8.78 Å². The van der Waals surface area contributed by atoms with E-state index in [0.29, 0.717) is 13.2 Å². The van der Waals surface area contributed by atoms with Gasteiger partial charge in [-0.3, -0.25) is 4.79 Å². The molecule has 2 atom stereocenters. The van der Waals surface area contributed by atoms with Gasteiger partial charge in [0.25, 0.3) is 5.91 Å². The van der Waals surface area contributed by atoms with E-state index >= 15 is 0 Å². The first-order valence-electron chi connectivity index (χ1n) is 4.90. The first-order chi connectivity index (χ1) is 6.70. The molecule has 1 aliphatic heterocycles. The van der Waals surface area contributed by atoms with Crippen molar-refractivity contribution in [3.05, 3.63) is 0 Å². The maximum Gasteiger partial charge on any atom is 0.315 e. The van der Waals surface area contributed by atoms with E-state index < -0.39 is 12.3 Å². The lowest BCUT2D eigenvalue weighted by molar-refractivity contribution is -0.155. The number of carbonyl (C=O) groups excluding carboxylic acids is 1. The minimum Gasteiger partial charge on any atom is -0.374 e. The smallest absolute Gasteiger partial charge is 0.315 e. The summed E-state index contributed by atoms with van der Waals surface area (Å²) < 4.78 is 29.9. The van der Waals surface area contributed by atoms with Crippen molar-refractivity contribution in [3.8, 4) is 0 Å². The third-order valence-electron chi connectivity index (χ3n) is 2.95. The highest BCUT2D eigenvalue weighted by molar-refractivity contribution is 5.79. The standard InChI is InChI=1S/C9H13F2NO2/c10-8(11)9(13)12-4-5-14-7-3-1-2-6(7)12/h6-8H,1-5H2. The molecule has 1 saturated heterocycles. The Morgan fingerprint density at radius 2 is 2.21 bits per heavy atom. The van der Waals surface area contributed by atoms with Gasteiger partial charge in [0, 0.05) is 6.54 Å². The number of morpholine rings is 1. The predicted octanol–water partition coefficient (Wildman–Crippen LogP) is 1.03. The van der Waals surface area contributed by atoms with Crippen molar-refractivity contribution in [2.45, 2.75) is 37.8 Å². The summed E-state index contributed by atoms with van der Waals surface area (Å²) in [6, 6.07) is -0.106. The Kier molecular flexibility index (Phi) is 2.67. The van der Waals surface area contributed by atoms with Crippen molar-refractivity contribution in [2.75, 3.05) is 13.2 Å². The Bertz CT molecular complexity index is 235. The average molecular weight is 205 g/mol. The highest BCUT2D eigenvalue weighted by atomic mass is 19.3. The second-order valence-corrected chi connectivity index (χ2v) is 3.74. The molecule has 2 rings (SSSR count). The van der Waals surface area contributed by atoms with Crippen LogP contribution < -0.4 is 0 Å². The van der Waals surface area contributed by atoms with Gasteiger partial charge in [-0.15, -0.1) is 0 Å². The highest BCUT2D eigenvalue weighted by Crippen LogP contribution is 2.30. The number of hydrogen-bond acceptors (Lipinski definition) is 2. The third kappa shape index (κ3) is 1.61. The van der Waals surface area contributed by atoms with Crippen LogP contribution in [0.5, 0.6) is 0 Å². The lowest BCUT2D eigenvalue weighted by Crippen LogP contribution is -2.52. The zero-order valence-electron chi connectivity index (χ0n) is 7.79. The van der Waals surface area contributed by atoms with E-state index in [4.69, 9.17) is 4.74 Å². The maximum atomic E-state index is 12.2. The van der Waals surface area contributed by atoms with E-state index in [9.17, 15) is 13.6 Å². The number of ether oxygens (including phenoxy) is 1. The SMILES string of the molecule is O=C(C(F)F)N1CCOC2CCCC21. The van der Waals surface area contributed by atoms with E-state index in [2.05, 4.69) is 0 Å². The van der Waals surface area contributed by atoms with Gasteiger partial charge in [-0.25, -0.2) is 0 Å². The van der Waals surface area contributed by atoms with Crippen LogP contribution in [0.15, 0.2) is 0 Å². The summed E-state index contributed by atoms with van der Waals surface area (Å²) in [7, 11) is 0. The number of halogens is 2. The molecule has 1 heterocycles. The van der Waals surface area contributed by atoms with Gasteiger partial charge in [0.15, 0.2) is 0 Å². The average Bonchev–Trinajstić information content (AvgIpc) is 2.63. The van der Waals surface area contributed by atoms with Crippen molar-refractivity contribution < 1.29 is 18.3 Å². The number of fused-ring (bicyclic) bond motifs is 1. The molecular formula is C9H13F2NO2. The molecule has 0 N–H and O–H groups in total. The van der Waals surface area contributed by atoms with Gasteiger partial charge in [-0.1, -0.05) is 0 Å². The Labute approximate surface area is 81.0 Å². The van der Waals surface area contributed by atoms with Crippen LogP contribution in [0.25, 0.3) is 0 Å². The zero-order valence-corrected chi connectivity index (χ0v) is 7.79. The van der Waals surface area contributed by atoms with Gasteiger partial charge in [0.05, 0.1) is 18.8 Å². The number of hydrogen-bond donors (Lipinski definition) is 0. The number of carbonyl (C=O) groups is 1. The van der Waals surface area contributed by atoms with Gasteiger partial charge in [0.1, 0.15) is 0 Å². The predicted molar refractivity (Wildman–Crippen MR) is 45.1 cm³/mol. The van der Waals surface area contributed by atoms with Crippen LogP contribution in [0.2, 0.25) is 0 Å². The molecule has 0 spiro atoms. The Balaban J connectivity index is 2.06. The minimum atomic E-state index is -2.88.